The Kier molecular flexibility index (Phi) is 4.97. The molecule has 1 aromatic rings. The van der Waals surface area contributed by atoms with Gasteiger partial charge in [0, 0.05) is 6.04 Å². The van der Waals surface area contributed by atoms with Crippen LogP contribution in [0.3, 0.4) is 0 Å². The summed E-state index contributed by atoms with van der Waals surface area (Å²) in [6.07, 6.45) is 9.64. The van der Waals surface area contributed by atoms with Crippen molar-refractivity contribution in [2.45, 2.75) is 51.5 Å². The second-order valence-electron chi connectivity index (χ2n) is 5.21. The van der Waals surface area contributed by atoms with Crippen LogP contribution in [0.15, 0.2) is 35.9 Å². The van der Waals surface area contributed by atoms with Crippen LogP contribution in [0.2, 0.25) is 0 Å². The zero-order valence-electron chi connectivity index (χ0n) is 11.3. The molecule has 18 heavy (non-hydrogen) atoms. The second kappa shape index (κ2) is 6.72. The lowest BCUT2D eigenvalue weighted by Crippen LogP contribution is -2.37. The molecule has 0 fully saturated rings. The van der Waals surface area contributed by atoms with Crippen LogP contribution in [0.4, 0.5) is 0 Å². The highest BCUT2D eigenvalue weighted by Crippen LogP contribution is 2.23. The summed E-state index contributed by atoms with van der Waals surface area (Å²) >= 11 is 0. The standard InChI is InChI=1S/C16H24N2/c1-13-7-5-6-8-14(13)11-12-16(18-17)15-9-3-2-4-10-15/h5-9,16,18H,2-4,10-12,17H2,1H3. The number of hydrogen-bond donors (Lipinski definition) is 2. The van der Waals surface area contributed by atoms with Crippen molar-refractivity contribution in [3.8, 4) is 0 Å². The largest absolute Gasteiger partial charge is 0.271 e. The number of nitrogens with two attached hydrogens (primary N) is 1. The maximum Gasteiger partial charge on any atom is 0.0422 e. The zero-order valence-corrected chi connectivity index (χ0v) is 11.3. The van der Waals surface area contributed by atoms with Crippen LogP contribution in [0.25, 0.3) is 0 Å². The second-order valence-corrected chi connectivity index (χ2v) is 5.21. The van der Waals surface area contributed by atoms with Crippen LogP contribution in [0.1, 0.15) is 43.2 Å². The van der Waals surface area contributed by atoms with Gasteiger partial charge in [0.05, 0.1) is 0 Å². The third-order valence-electron chi connectivity index (χ3n) is 3.94. The average molecular weight is 244 g/mol. The molecule has 0 aromatic heterocycles. The molecule has 0 heterocycles. The first-order valence-electron chi connectivity index (χ1n) is 7.01. The maximum absolute atomic E-state index is 5.71. The van der Waals surface area contributed by atoms with Crippen LogP contribution in [0.5, 0.6) is 0 Å². The van der Waals surface area contributed by atoms with E-state index in [4.69, 9.17) is 5.84 Å². The van der Waals surface area contributed by atoms with Crippen LogP contribution in [0, 0.1) is 6.92 Å². The highest BCUT2D eigenvalue weighted by molar-refractivity contribution is 5.26. The number of benzene rings is 1. The molecule has 1 aromatic carbocycles. The number of rotatable bonds is 5. The van der Waals surface area contributed by atoms with Gasteiger partial charge >= 0.3 is 0 Å². The van der Waals surface area contributed by atoms with Gasteiger partial charge in [-0.05, 0) is 56.6 Å². The molecule has 98 valence electrons. The number of aryl methyl sites for hydroxylation is 2. The molecular formula is C16H24N2. The van der Waals surface area contributed by atoms with Crippen molar-refractivity contribution >= 4 is 0 Å². The Morgan fingerprint density at radius 2 is 2.11 bits per heavy atom. The van der Waals surface area contributed by atoms with Gasteiger partial charge in [0.25, 0.3) is 0 Å². The van der Waals surface area contributed by atoms with Crippen molar-refractivity contribution < 1.29 is 0 Å². The fourth-order valence-corrected chi connectivity index (χ4v) is 2.75. The quantitative estimate of drug-likeness (QED) is 0.474. The Balaban J connectivity index is 1.95. The van der Waals surface area contributed by atoms with Crippen molar-refractivity contribution in [3.63, 3.8) is 0 Å². The van der Waals surface area contributed by atoms with Gasteiger partial charge in [0.1, 0.15) is 0 Å². The summed E-state index contributed by atoms with van der Waals surface area (Å²) in [4.78, 5) is 0. The van der Waals surface area contributed by atoms with E-state index in [0.29, 0.717) is 6.04 Å². The maximum atomic E-state index is 5.71. The SMILES string of the molecule is Cc1ccccc1CCC(NN)C1=CCCCC1. The van der Waals surface area contributed by atoms with E-state index in [0.717, 1.165) is 12.8 Å². The highest BCUT2D eigenvalue weighted by Gasteiger charge is 2.14. The van der Waals surface area contributed by atoms with E-state index in [9.17, 15) is 0 Å². The van der Waals surface area contributed by atoms with E-state index in [1.54, 1.807) is 0 Å². The number of allylic oxidation sites excluding steroid dienone is 1. The molecule has 3 N–H and O–H groups in total. The summed E-state index contributed by atoms with van der Waals surface area (Å²) in [6.45, 7) is 2.18. The number of hydrazine groups is 1. The Bertz CT molecular complexity index is 409. The van der Waals surface area contributed by atoms with Gasteiger partial charge in [-0.2, -0.15) is 0 Å². The minimum Gasteiger partial charge on any atom is -0.271 e. The van der Waals surface area contributed by atoms with Crippen molar-refractivity contribution in [1.29, 1.82) is 0 Å². The third kappa shape index (κ3) is 3.44. The first kappa shape index (κ1) is 13.3. The third-order valence-corrected chi connectivity index (χ3v) is 3.94. The van der Waals surface area contributed by atoms with Crippen LogP contribution < -0.4 is 11.3 Å². The predicted molar refractivity (Wildman–Crippen MR) is 77.2 cm³/mol. The van der Waals surface area contributed by atoms with Crippen LogP contribution in [-0.4, -0.2) is 6.04 Å². The molecule has 1 aliphatic rings. The molecule has 0 saturated heterocycles. The molecule has 0 saturated carbocycles. The molecule has 2 nitrogen and oxygen atoms in total. The van der Waals surface area contributed by atoms with E-state index in [-0.39, 0.29) is 0 Å². The smallest absolute Gasteiger partial charge is 0.0422 e. The van der Waals surface area contributed by atoms with E-state index in [1.165, 1.54) is 42.4 Å². The summed E-state index contributed by atoms with van der Waals surface area (Å²) in [5.74, 6) is 5.71. The number of hydrogen-bond acceptors (Lipinski definition) is 2. The van der Waals surface area contributed by atoms with Gasteiger partial charge in [-0.3, -0.25) is 11.3 Å². The topological polar surface area (TPSA) is 38.0 Å². The molecule has 1 atom stereocenters. The van der Waals surface area contributed by atoms with Crippen molar-refractivity contribution in [2.24, 2.45) is 5.84 Å². The van der Waals surface area contributed by atoms with Gasteiger partial charge < -0.3 is 0 Å². The molecule has 0 bridgehead atoms. The van der Waals surface area contributed by atoms with Gasteiger partial charge in [-0.15, -0.1) is 0 Å². The van der Waals surface area contributed by atoms with Crippen LogP contribution in [-0.2, 0) is 6.42 Å². The van der Waals surface area contributed by atoms with E-state index in [1.807, 2.05) is 0 Å². The van der Waals surface area contributed by atoms with E-state index >= 15 is 0 Å². The van der Waals surface area contributed by atoms with Gasteiger partial charge in [-0.25, -0.2) is 0 Å². The molecular weight excluding hydrogens is 220 g/mol. The minimum absolute atomic E-state index is 0.352. The summed E-state index contributed by atoms with van der Waals surface area (Å²) in [6, 6.07) is 8.97. The Labute approximate surface area is 110 Å². The molecule has 1 unspecified atom stereocenters. The fourth-order valence-electron chi connectivity index (χ4n) is 2.75. The Hall–Kier alpha value is -1.12. The van der Waals surface area contributed by atoms with E-state index in [2.05, 4.69) is 42.7 Å². The van der Waals surface area contributed by atoms with Gasteiger partial charge in [0.15, 0.2) is 0 Å². The monoisotopic (exact) mass is 244 g/mol. The first-order valence-corrected chi connectivity index (χ1v) is 7.01. The Morgan fingerprint density at radius 1 is 1.28 bits per heavy atom. The summed E-state index contributed by atoms with van der Waals surface area (Å²) < 4.78 is 0. The molecule has 0 radical (unpaired) electrons. The fraction of sp³-hybridized carbons (Fsp3) is 0.500. The lowest BCUT2D eigenvalue weighted by molar-refractivity contribution is 0.515. The average Bonchev–Trinajstić information content (AvgIpc) is 2.42. The Morgan fingerprint density at radius 3 is 2.78 bits per heavy atom. The number of nitrogens with one attached hydrogen (secondary N) is 1. The predicted octanol–water partition coefficient (Wildman–Crippen LogP) is 3.26. The molecule has 1 aliphatic carbocycles. The zero-order chi connectivity index (χ0) is 12.8. The first-order chi connectivity index (χ1) is 8.81. The lowest BCUT2D eigenvalue weighted by Gasteiger charge is -2.22. The van der Waals surface area contributed by atoms with Crippen molar-refractivity contribution in [1.82, 2.24) is 5.43 Å². The lowest BCUT2D eigenvalue weighted by atomic mass is 9.90. The molecule has 2 heteroatoms. The van der Waals surface area contributed by atoms with Crippen molar-refractivity contribution in [3.05, 3.63) is 47.0 Å². The molecule has 2 rings (SSSR count). The normalized spacial score (nSPS) is 17.3. The molecule has 0 spiro atoms. The van der Waals surface area contributed by atoms with E-state index < -0.39 is 0 Å². The highest BCUT2D eigenvalue weighted by atomic mass is 15.2. The molecule has 0 amide bonds. The van der Waals surface area contributed by atoms with Crippen LogP contribution >= 0.6 is 0 Å². The van der Waals surface area contributed by atoms with Gasteiger partial charge in [-0.1, -0.05) is 35.9 Å². The molecule has 0 aliphatic heterocycles. The van der Waals surface area contributed by atoms with Gasteiger partial charge in [0.2, 0.25) is 0 Å². The minimum atomic E-state index is 0.352. The summed E-state index contributed by atoms with van der Waals surface area (Å²) in [7, 11) is 0. The van der Waals surface area contributed by atoms with Crippen molar-refractivity contribution in [2.75, 3.05) is 0 Å². The summed E-state index contributed by atoms with van der Waals surface area (Å²) in [5, 5.41) is 0. The summed E-state index contributed by atoms with van der Waals surface area (Å²) in [5.41, 5.74) is 7.32.